The highest BCUT2D eigenvalue weighted by molar-refractivity contribution is 7.09. The van der Waals surface area contributed by atoms with E-state index in [9.17, 15) is 18.0 Å². The normalized spacial score (nSPS) is 23.2. The molecule has 2 saturated heterocycles. The maximum Gasteiger partial charge on any atom is 0.490 e. The summed E-state index contributed by atoms with van der Waals surface area (Å²) in [5, 5.41) is 13.7. The van der Waals surface area contributed by atoms with Gasteiger partial charge < -0.3 is 19.7 Å². The van der Waals surface area contributed by atoms with Crippen LogP contribution in [0.15, 0.2) is 22.3 Å². The van der Waals surface area contributed by atoms with E-state index < -0.39 is 12.1 Å². The number of thiazole rings is 1. The lowest BCUT2D eigenvalue weighted by Crippen LogP contribution is -2.43. The Bertz CT molecular complexity index is 904. The van der Waals surface area contributed by atoms with Crippen molar-refractivity contribution in [2.24, 2.45) is 11.3 Å². The van der Waals surface area contributed by atoms with E-state index in [0.29, 0.717) is 19.1 Å². The molecule has 2 aromatic heterocycles. The van der Waals surface area contributed by atoms with Gasteiger partial charge in [0.05, 0.1) is 30.6 Å². The number of aromatic nitrogens is 2. The van der Waals surface area contributed by atoms with Crippen LogP contribution in [-0.4, -0.2) is 71.0 Å². The lowest BCUT2D eigenvalue weighted by molar-refractivity contribution is -0.192. The first-order valence-electron chi connectivity index (χ1n) is 9.29. The van der Waals surface area contributed by atoms with Gasteiger partial charge >= 0.3 is 12.1 Å². The number of carbonyl (C=O) groups is 2. The zero-order chi connectivity index (χ0) is 22.6. The summed E-state index contributed by atoms with van der Waals surface area (Å²) in [5.41, 5.74) is 2.99. The van der Waals surface area contributed by atoms with Crippen molar-refractivity contribution in [3.8, 4) is 0 Å². The molecule has 2 N–H and O–H groups in total. The second-order valence-electron chi connectivity index (χ2n) is 7.47. The predicted molar refractivity (Wildman–Crippen MR) is 101 cm³/mol. The number of ether oxygens (including phenoxy) is 1. The highest BCUT2D eigenvalue weighted by Crippen LogP contribution is 2.41. The lowest BCUT2D eigenvalue weighted by atomic mass is 9.81. The summed E-state index contributed by atoms with van der Waals surface area (Å²) in [5.74, 6) is -2.28. The van der Waals surface area contributed by atoms with E-state index in [1.807, 2.05) is 5.51 Å². The summed E-state index contributed by atoms with van der Waals surface area (Å²) in [6.07, 6.45) is -3.61. The van der Waals surface area contributed by atoms with Gasteiger partial charge in [-0.25, -0.2) is 9.78 Å². The van der Waals surface area contributed by atoms with Crippen molar-refractivity contribution in [3.63, 3.8) is 0 Å². The molecule has 0 radical (unpaired) electrons. The number of carboxylic acid groups (broad SMARTS) is 1. The molecular weight excluding hydrogens is 441 g/mol. The van der Waals surface area contributed by atoms with E-state index in [1.165, 1.54) is 11.1 Å². The van der Waals surface area contributed by atoms with Gasteiger partial charge in [0.15, 0.2) is 0 Å². The van der Waals surface area contributed by atoms with E-state index in [1.54, 1.807) is 17.4 Å². The molecule has 4 heterocycles. The van der Waals surface area contributed by atoms with Crippen LogP contribution in [0.5, 0.6) is 0 Å². The van der Waals surface area contributed by atoms with E-state index in [4.69, 9.17) is 19.2 Å². The Morgan fingerprint density at radius 3 is 2.77 bits per heavy atom. The van der Waals surface area contributed by atoms with Crippen LogP contribution in [0.4, 0.5) is 13.2 Å². The molecule has 9 nitrogen and oxygen atoms in total. The number of rotatable bonds is 5. The zero-order valence-corrected chi connectivity index (χ0v) is 17.3. The van der Waals surface area contributed by atoms with Crippen LogP contribution in [0.2, 0.25) is 0 Å². The number of alkyl halides is 3. The predicted octanol–water partition coefficient (Wildman–Crippen LogP) is 1.95. The standard InChI is InChI=1S/C16H20N4O3S.C2HF3O2/c1-11-14(24-10-18-11)5-20-4-12-6-22-9-16(12,8-20)7-17-15(21)13-2-3-19-23-13;3-2(4,5)1(6)7/h2-3,10,12H,4-9H2,1H3,(H,17,21);(H,6,7)/t12-,16+;/m1./s1. The number of carbonyl (C=O) groups excluding carboxylic acids is 1. The number of hydrogen-bond acceptors (Lipinski definition) is 8. The molecule has 0 saturated carbocycles. The van der Waals surface area contributed by atoms with Gasteiger partial charge in [0, 0.05) is 48.5 Å². The Morgan fingerprint density at radius 2 is 2.19 bits per heavy atom. The number of nitrogens with one attached hydrogen (secondary N) is 1. The van der Waals surface area contributed by atoms with Crippen LogP contribution in [-0.2, 0) is 16.1 Å². The Kier molecular flexibility index (Phi) is 6.96. The summed E-state index contributed by atoms with van der Waals surface area (Å²) in [6.45, 7) is 6.93. The average Bonchev–Trinajstić information content (AvgIpc) is 3.45. The Balaban J connectivity index is 0.000000339. The highest BCUT2D eigenvalue weighted by atomic mass is 32.1. The van der Waals surface area contributed by atoms with Gasteiger partial charge in [0.1, 0.15) is 0 Å². The SMILES string of the molecule is Cc1ncsc1CN1C[C@@H]2COC[C@]2(CNC(=O)c2ccno2)C1.O=C(O)C(F)(F)F. The van der Waals surface area contributed by atoms with Gasteiger partial charge in [0.2, 0.25) is 5.76 Å². The summed E-state index contributed by atoms with van der Waals surface area (Å²) in [6, 6.07) is 1.57. The minimum Gasteiger partial charge on any atom is -0.475 e. The largest absolute Gasteiger partial charge is 0.490 e. The smallest absolute Gasteiger partial charge is 0.475 e. The number of fused-ring (bicyclic) bond motifs is 1. The molecule has 2 atom stereocenters. The number of carboxylic acids is 1. The second-order valence-corrected chi connectivity index (χ2v) is 8.41. The third-order valence-corrected chi connectivity index (χ3v) is 6.23. The monoisotopic (exact) mass is 462 g/mol. The molecular formula is C18H21F3N4O5S. The molecule has 4 rings (SSSR count). The van der Waals surface area contributed by atoms with Gasteiger partial charge in [-0.2, -0.15) is 13.2 Å². The van der Waals surface area contributed by atoms with Crippen LogP contribution >= 0.6 is 11.3 Å². The van der Waals surface area contributed by atoms with Crippen LogP contribution < -0.4 is 5.32 Å². The van der Waals surface area contributed by atoms with Gasteiger partial charge in [-0.05, 0) is 6.92 Å². The average molecular weight is 462 g/mol. The van der Waals surface area contributed by atoms with Crippen molar-refractivity contribution in [1.82, 2.24) is 20.4 Å². The number of halogens is 3. The Morgan fingerprint density at radius 1 is 1.45 bits per heavy atom. The fourth-order valence-electron chi connectivity index (χ4n) is 3.67. The first-order valence-corrected chi connectivity index (χ1v) is 10.2. The van der Waals surface area contributed by atoms with Crippen LogP contribution in [0.1, 0.15) is 21.1 Å². The second kappa shape index (κ2) is 9.32. The fourth-order valence-corrected chi connectivity index (χ4v) is 4.49. The van der Waals surface area contributed by atoms with E-state index in [2.05, 4.69) is 27.3 Å². The Labute approximate surface area is 179 Å². The quantitative estimate of drug-likeness (QED) is 0.693. The Hall–Kier alpha value is -2.51. The summed E-state index contributed by atoms with van der Waals surface area (Å²) in [7, 11) is 0. The van der Waals surface area contributed by atoms with E-state index >= 15 is 0 Å². The number of likely N-dealkylation sites (tertiary alicyclic amines) is 1. The molecule has 2 aliphatic rings. The molecule has 0 bridgehead atoms. The van der Waals surface area contributed by atoms with Crippen molar-refractivity contribution < 1.29 is 37.1 Å². The number of nitrogens with zero attached hydrogens (tertiary/aromatic N) is 3. The van der Waals surface area contributed by atoms with Crippen molar-refractivity contribution in [1.29, 1.82) is 0 Å². The third-order valence-electron chi connectivity index (χ3n) is 5.31. The van der Waals surface area contributed by atoms with Crippen LogP contribution in [0.3, 0.4) is 0 Å². The van der Waals surface area contributed by atoms with Gasteiger partial charge in [-0.15, -0.1) is 11.3 Å². The number of amides is 1. The van der Waals surface area contributed by atoms with E-state index in [-0.39, 0.29) is 17.1 Å². The molecule has 2 aromatic rings. The molecule has 0 spiro atoms. The molecule has 2 aliphatic heterocycles. The van der Waals surface area contributed by atoms with Crippen molar-refractivity contribution in [2.75, 3.05) is 32.8 Å². The van der Waals surface area contributed by atoms with Crippen molar-refractivity contribution in [3.05, 3.63) is 34.1 Å². The number of aryl methyl sites for hydroxylation is 1. The maximum absolute atomic E-state index is 12.1. The third kappa shape index (κ3) is 5.60. The molecule has 13 heteroatoms. The molecule has 0 aromatic carbocycles. The molecule has 0 unspecified atom stereocenters. The summed E-state index contributed by atoms with van der Waals surface area (Å²) >= 11 is 1.71. The minimum atomic E-state index is -5.08. The zero-order valence-electron chi connectivity index (χ0n) is 16.5. The van der Waals surface area contributed by atoms with Crippen LogP contribution in [0.25, 0.3) is 0 Å². The first kappa shape index (κ1) is 23.2. The first-order chi connectivity index (χ1) is 14.6. The molecule has 0 aliphatic carbocycles. The van der Waals surface area contributed by atoms with Crippen molar-refractivity contribution >= 4 is 23.2 Å². The molecule has 170 valence electrons. The maximum atomic E-state index is 12.1. The van der Waals surface area contributed by atoms with Crippen molar-refractivity contribution in [2.45, 2.75) is 19.6 Å². The summed E-state index contributed by atoms with van der Waals surface area (Å²) < 4.78 is 42.4. The van der Waals surface area contributed by atoms with Gasteiger partial charge in [-0.3, -0.25) is 9.69 Å². The minimum absolute atomic E-state index is 0.0196. The molecule has 2 fully saturated rings. The topological polar surface area (TPSA) is 118 Å². The lowest BCUT2D eigenvalue weighted by Gasteiger charge is -2.27. The van der Waals surface area contributed by atoms with Crippen LogP contribution in [0, 0.1) is 18.3 Å². The van der Waals surface area contributed by atoms with Gasteiger partial charge in [0.25, 0.3) is 5.91 Å². The summed E-state index contributed by atoms with van der Waals surface area (Å²) in [4.78, 5) is 29.1. The number of aliphatic carboxylic acids is 1. The number of hydrogen-bond donors (Lipinski definition) is 2. The molecule has 1 amide bonds. The van der Waals surface area contributed by atoms with Gasteiger partial charge in [-0.1, -0.05) is 5.16 Å². The highest BCUT2D eigenvalue weighted by Gasteiger charge is 2.50. The molecule has 31 heavy (non-hydrogen) atoms. The van der Waals surface area contributed by atoms with E-state index in [0.717, 1.165) is 31.9 Å². The fraction of sp³-hybridized carbons (Fsp3) is 0.556.